The van der Waals surface area contributed by atoms with E-state index < -0.39 is 0 Å². The topological polar surface area (TPSA) is 58.1 Å². The van der Waals surface area contributed by atoms with Gasteiger partial charge < -0.3 is 10.2 Å². The number of nitrogens with one attached hydrogen (secondary N) is 1. The molecule has 1 saturated carbocycles. The fraction of sp³-hybridized carbons (Fsp3) is 0.786. The van der Waals surface area contributed by atoms with E-state index in [0.717, 1.165) is 18.7 Å². The maximum atomic E-state index is 12.9. The molecular formula is C14H22N4OS. The molecule has 1 saturated heterocycles. The molecule has 2 fully saturated rings. The Hall–Kier alpha value is -1.01. The van der Waals surface area contributed by atoms with Crippen LogP contribution in [0, 0.1) is 11.8 Å². The summed E-state index contributed by atoms with van der Waals surface area (Å²) < 4.78 is 4.28. The molecule has 1 aliphatic heterocycles. The summed E-state index contributed by atoms with van der Waals surface area (Å²) >= 11 is 1.35. The highest BCUT2D eigenvalue weighted by atomic mass is 32.1. The molecule has 5 nitrogen and oxygen atoms in total. The van der Waals surface area contributed by atoms with E-state index in [1.165, 1.54) is 24.4 Å². The third-order valence-electron chi connectivity index (χ3n) is 4.84. The van der Waals surface area contributed by atoms with E-state index in [2.05, 4.69) is 21.6 Å². The van der Waals surface area contributed by atoms with Gasteiger partial charge in [0.2, 0.25) is 5.91 Å². The van der Waals surface area contributed by atoms with Gasteiger partial charge in [-0.2, -0.15) is 4.37 Å². The molecule has 0 aromatic carbocycles. The molecule has 0 spiro atoms. The molecule has 1 aromatic heterocycles. The van der Waals surface area contributed by atoms with Crippen LogP contribution in [0.3, 0.4) is 0 Å². The predicted octanol–water partition coefficient (Wildman–Crippen LogP) is 1.66. The van der Waals surface area contributed by atoms with Crippen molar-refractivity contribution in [3.8, 4) is 0 Å². The summed E-state index contributed by atoms with van der Waals surface area (Å²) in [6, 6.07) is 0.311. The van der Waals surface area contributed by atoms with Crippen molar-refractivity contribution in [1.29, 1.82) is 0 Å². The number of amides is 1. The molecule has 2 aliphatic rings. The van der Waals surface area contributed by atoms with E-state index in [9.17, 15) is 4.79 Å². The second-order valence-electron chi connectivity index (χ2n) is 6.05. The van der Waals surface area contributed by atoms with E-state index in [-0.39, 0.29) is 11.9 Å². The highest BCUT2D eigenvalue weighted by Crippen LogP contribution is 2.38. The third-order valence-corrected chi connectivity index (χ3v) is 5.36. The maximum absolute atomic E-state index is 12.9. The minimum absolute atomic E-state index is 0.0702. The normalized spacial score (nSPS) is 34.1. The van der Waals surface area contributed by atoms with Gasteiger partial charge in [-0.15, -0.1) is 0 Å². The van der Waals surface area contributed by atoms with Crippen molar-refractivity contribution < 1.29 is 4.79 Å². The van der Waals surface area contributed by atoms with Crippen molar-refractivity contribution in [2.75, 3.05) is 7.05 Å². The lowest BCUT2D eigenvalue weighted by atomic mass is 9.90. The Bertz CT molecular complexity index is 464. The summed E-state index contributed by atoms with van der Waals surface area (Å²) in [5.41, 5.74) is 1.74. The lowest BCUT2D eigenvalue weighted by Crippen LogP contribution is -2.49. The van der Waals surface area contributed by atoms with Crippen molar-refractivity contribution in [3.05, 3.63) is 11.3 Å². The zero-order valence-corrected chi connectivity index (χ0v) is 12.9. The number of hydrogen-bond donors (Lipinski definition) is 1. The fourth-order valence-electron chi connectivity index (χ4n) is 3.92. The summed E-state index contributed by atoms with van der Waals surface area (Å²) in [5, 5.41) is 3.21. The Morgan fingerprint density at radius 2 is 2.35 bits per heavy atom. The molecule has 4 unspecified atom stereocenters. The zero-order valence-electron chi connectivity index (χ0n) is 12.1. The van der Waals surface area contributed by atoms with E-state index in [0.29, 0.717) is 24.4 Å². The number of aromatic nitrogens is 2. The summed E-state index contributed by atoms with van der Waals surface area (Å²) in [4.78, 5) is 19.2. The van der Waals surface area contributed by atoms with Gasteiger partial charge in [0, 0.05) is 6.04 Å². The zero-order chi connectivity index (χ0) is 14.1. The van der Waals surface area contributed by atoms with Crippen LogP contribution in [0.1, 0.15) is 38.4 Å². The Balaban J connectivity index is 1.87. The fourth-order valence-corrected chi connectivity index (χ4v) is 4.36. The van der Waals surface area contributed by atoms with Crippen LogP contribution in [0.2, 0.25) is 0 Å². The molecule has 0 bridgehead atoms. The minimum Gasteiger partial charge on any atom is -0.330 e. The third kappa shape index (κ3) is 2.46. The van der Waals surface area contributed by atoms with E-state index in [1.807, 2.05) is 11.9 Å². The second-order valence-corrected chi connectivity index (χ2v) is 6.66. The lowest BCUT2D eigenvalue weighted by Gasteiger charge is -2.31. The minimum atomic E-state index is -0.0702. The summed E-state index contributed by atoms with van der Waals surface area (Å²) in [7, 11) is 1.89. The first-order chi connectivity index (χ1) is 9.70. The lowest BCUT2D eigenvalue weighted by molar-refractivity contribution is -0.136. The molecule has 1 amide bonds. The van der Waals surface area contributed by atoms with Gasteiger partial charge in [-0.05, 0) is 49.7 Å². The molecule has 0 radical (unpaired) electrons. The Kier molecular flexibility index (Phi) is 4.03. The molecule has 4 atom stereocenters. The number of fused-ring (bicyclic) bond motifs is 1. The Morgan fingerprint density at radius 1 is 1.50 bits per heavy atom. The average molecular weight is 294 g/mol. The number of likely N-dealkylation sites (N-methyl/N-ethyl adjacent to an activating group) is 1. The van der Waals surface area contributed by atoms with Crippen molar-refractivity contribution >= 4 is 17.4 Å². The highest BCUT2D eigenvalue weighted by molar-refractivity contribution is 7.03. The number of likely N-dealkylation sites (tertiary alicyclic amines) is 1. The quantitative estimate of drug-likeness (QED) is 0.921. The average Bonchev–Trinajstić information content (AvgIpc) is 3.06. The molecule has 1 aromatic rings. The van der Waals surface area contributed by atoms with Crippen LogP contribution in [0.5, 0.6) is 0 Å². The predicted molar refractivity (Wildman–Crippen MR) is 78.2 cm³/mol. The van der Waals surface area contributed by atoms with Gasteiger partial charge >= 0.3 is 0 Å². The van der Waals surface area contributed by atoms with Crippen molar-refractivity contribution in [2.24, 2.45) is 11.8 Å². The van der Waals surface area contributed by atoms with Gasteiger partial charge in [-0.3, -0.25) is 4.79 Å². The van der Waals surface area contributed by atoms with Gasteiger partial charge in [-0.1, -0.05) is 13.3 Å². The number of hydrogen-bond acceptors (Lipinski definition) is 5. The largest absolute Gasteiger partial charge is 0.330 e. The van der Waals surface area contributed by atoms with Gasteiger partial charge in [0.05, 0.1) is 12.6 Å². The van der Waals surface area contributed by atoms with Crippen molar-refractivity contribution in [2.45, 2.75) is 51.2 Å². The molecule has 1 N–H and O–H groups in total. The van der Waals surface area contributed by atoms with Crippen LogP contribution in [0.25, 0.3) is 0 Å². The summed E-state index contributed by atoms with van der Waals surface area (Å²) in [5.74, 6) is 2.04. The number of carbonyl (C=O) groups excluding carboxylic acids is 1. The molecule has 3 rings (SSSR count). The number of rotatable bonds is 3. The number of nitrogens with zero attached hydrogens (tertiary/aromatic N) is 3. The van der Waals surface area contributed by atoms with Crippen molar-refractivity contribution in [3.63, 3.8) is 0 Å². The molecule has 20 heavy (non-hydrogen) atoms. The van der Waals surface area contributed by atoms with Crippen LogP contribution < -0.4 is 5.32 Å². The van der Waals surface area contributed by atoms with Crippen LogP contribution in [-0.2, 0) is 11.3 Å². The van der Waals surface area contributed by atoms with E-state index >= 15 is 0 Å². The number of carbonyl (C=O) groups is 1. The van der Waals surface area contributed by atoms with Crippen LogP contribution in [-0.4, -0.2) is 39.3 Å². The Morgan fingerprint density at radius 3 is 3.05 bits per heavy atom. The molecule has 6 heteroatoms. The maximum Gasteiger partial charge on any atom is 0.240 e. The summed E-state index contributed by atoms with van der Waals surface area (Å²) in [6.45, 7) is 2.76. The van der Waals surface area contributed by atoms with Gasteiger partial charge in [0.15, 0.2) is 5.82 Å². The monoisotopic (exact) mass is 294 g/mol. The van der Waals surface area contributed by atoms with Crippen LogP contribution in [0.4, 0.5) is 0 Å². The molecule has 110 valence electrons. The van der Waals surface area contributed by atoms with Crippen LogP contribution >= 0.6 is 11.5 Å². The van der Waals surface area contributed by atoms with E-state index in [1.54, 1.807) is 5.51 Å². The van der Waals surface area contributed by atoms with Gasteiger partial charge in [-0.25, -0.2) is 4.98 Å². The second kappa shape index (κ2) is 5.77. The molecule has 2 heterocycles. The van der Waals surface area contributed by atoms with Gasteiger partial charge in [0.25, 0.3) is 0 Å². The molecular weight excluding hydrogens is 272 g/mol. The smallest absolute Gasteiger partial charge is 0.240 e. The SMILES string of the molecule is CNC1C(=O)N(Cc2ncsn2)C2CCCC2CC1C. The first kappa shape index (κ1) is 13.9. The first-order valence-electron chi connectivity index (χ1n) is 7.43. The summed E-state index contributed by atoms with van der Waals surface area (Å²) in [6.07, 6.45) is 4.76. The van der Waals surface area contributed by atoms with Crippen molar-refractivity contribution in [1.82, 2.24) is 19.6 Å². The Labute approximate surface area is 123 Å². The molecule has 1 aliphatic carbocycles. The van der Waals surface area contributed by atoms with Gasteiger partial charge in [0.1, 0.15) is 5.51 Å². The van der Waals surface area contributed by atoms with Crippen LogP contribution in [0.15, 0.2) is 5.51 Å². The van der Waals surface area contributed by atoms with E-state index in [4.69, 9.17) is 0 Å². The first-order valence-corrected chi connectivity index (χ1v) is 8.27. The highest BCUT2D eigenvalue weighted by Gasteiger charge is 2.43. The standard InChI is InChI=1S/C14H22N4OS/c1-9-6-10-4-3-5-11(10)18(14(19)13(9)15-2)7-12-16-8-20-17-12/h8-11,13,15H,3-7H2,1-2H3.